The lowest BCUT2D eigenvalue weighted by Crippen LogP contribution is -2.02. The zero-order chi connectivity index (χ0) is 14.0. The summed E-state index contributed by atoms with van der Waals surface area (Å²) in [6.07, 6.45) is 0. The number of rotatable bonds is 3. The van der Waals surface area contributed by atoms with Crippen LogP contribution >= 0.6 is 23.2 Å². The number of anilines is 2. The lowest BCUT2D eigenvalue weighted by Gasteiger charge is -2.08. The smallest absolute Gasteiger partial charge is 0.335 e. The normalized spacial score (nSPS) is 10.3. The van der Waals surface area contributed by atoms with Crippen molar-refractivity contribution >= 4 is 40.7 Å². The second-order valence-electron chi connectivity index (χ2n) is 3.94. The second kappa shape index (κ2) is 5.47. The van der Waals surface area contributed by atoms with E-state index in [0.717, 1.165) is 0 Å². The zero-order valence-corrected chi connectivity index (χ0v) is 11.5. The fourth-order valence-corrected chi connectivity index (χ4v) is 1.88. The molecule has 0 saturated heterocycles. The fraction of sp³-hybridized carbons (Fsp3) is 0.0769. The van der Waals surface area contributed by atoms with Crippen molar-refractivity contribution in [3.05, 3.63) is 51.6 Å². The third kappa shape index (κ3) is 3.36. The Hall–Kier alpha value is -1.78. The molecule has 19 heavy (non-hydrogen) atoms. The first-order valence-corrected chi connectivity index (χ1v) is 6.15. The summed E-state index contributed by atoms with van der Waals surface area (Å²) in [5.74, 6) is -0.557. The molecule has 1 aromatic heterocycles. The van der Waals surface area contributed by atoms with Crippen LogP contribution in [0.5, 0.6) is 0 Å². The highest BCUT2D eigenvalue weighted by atomic mass is 35.5. The summed E-state index contributed by atoms with van der Waals surface area (Å²) in [5.41, 5.74) is 1.47. The van der Waals surface area contributed by atoms with Gasteiger partial charge in [0.05, 0.1) is 15.6 Å². The first kappa shape index (κ1) is 13.6. The van der Waals surface area contributed by atoms with Gasteiger partial charge in [-0.05, 0) is 37.3 Å². The van der Waals surface area contributed by atoms with Gasteiger partial charge in [0.25, 0.3) is 0 Å². The molecule has 0 fully saturated rings. The molecule has 0 amide bonds. The average Bonchev–Trinajstić information content (AvgIpc) is 2.33. The molecule has 0 saturated carbocycles. The average molecular weight is 297 g/mol. The van der Waals surface area contributed by atoms with Gasteiger partial charge in [0, 0.05) is 11.4 Å². The van der Waals surface area contributed by atoms with Crippen molar-refractivity contribution in [2.75, 3.05) is 5.32 Å². The summed E-state index contributed by atoms with van der Waals surface area (Å²) in [4.78, 5) is 15.2. The van der Waals surface area contributed by atoms with Gasteiger partial charge in [0.2, 0.25) is 0 Å². The molecule has 0 aliphatic carbocycles. The van der Waals surface area contributed by atoms with E-state index in [1.807, 2.05) is 0 Å². The Morgan fingerprint density at radius 3 is 2.58 bits per heavy atom. The van der Waals surface area contributed by atoms with Gasteiger partial charge in [-0.15, -0.1) is 0 Å². The topological polar surface area (TPSA) is 62.2 Å². The van der Waals surface area contributed by atoms with Gasteiger partial charge in [-0.25, -0.2) is 9.78 Å². The number of pyridine rings is 1. The highest BCUT2D eigenvalue weighted by Crippen LogP contribution is 2.26. The van der Waals surface area contributed by atoms with Crippen LogP contribution in [0.3, 0.4) is 0 Å². The van der Waals surface area contributed by atoms with Gasteiger partial charge in [-0.3, -0.25) is 0 Å². The molecule has 0 atom stereocenters. The van der Waals surface area contributed by atoms with Gasteiger partial charge < -0.3 is 10.4 Å². The van der Waals surface area contributed by atoms with Crippen LogP contribution in [0.4, 0.5) is 11.5 Å². The molecule has 1 aromatic carbocycles. The number of aryl methyl sites for hydroxylation is 1. The number of hydrogen-bond donors (Lipinski definition) is 2. The van der Waals surface area contributed by atoms with Crippen molar-refractivity contribution < 1.29 is 9.90 Å². The predicted octanol–water partition coefficient (Wildman–Crippen LogP) is 4.14. The summed E-state index contributed by atoms with van der Waals surface area (Å²) >= 11 is 11.7. The van der Waals surface area contributed by atoms with Gasteiger partial charge in [0.1, 0.15) is 5.82 Å². The maximum absolute atomic E-state index is 11.0. The van der Waals surface area contributed by atoms with Crippen molar-refractivity contribution in [2.24, 2.45) is 0 Å². The number of carbonyl (C=O) groups is 1. The van der Waals surface area contributed by atoms with Gasteiger partial charge >= 0.3 is 5.97 Å². The maximum atomic E-state index is 11.0. The van der Waals surface area contributed by atoms with E-state index in [2.05, 4.69) is 10.3 Å². The van der Waals surface area contributed by atoms with Crippen LogP contribution in [0.2, 0.25) is 10.0 Å². The number of aromatic carboxylic acids is 1. The van der Waals surface area contributed by atoms with E-state index in [4.69, 9.17) is 28.3 Å². The summed E-state index contributed by atoms with van der Waals surface area (Å²) in [6.45, 7) is 1.73. The molecule has 0 aliphatic heterocycles. The Morgan fingerprint density at radius 2 is 1.95 bits per heavy atom. The minimum atomic E-state index is -0.998. The summed E-state index contributed by atoms with van der Waals surface area (Å²) < 4.78 is 0. The number of nitrogens with one attached hydrogen (secondary N) is 1. The fourth-order valence-electron chi connectivity index (χ4n) is 1.58. The van der Waals surface area contributed by atoms with Crippen LogP contribution in [-0.4, -0.2) is 16.1 Å². The van der Waals surface area contributed by atoms with Crippen molar-refractivity contribution in [1.29, 1.82) is 0 Å². The molecule has 0 aliphatic rings. The number of carboxylic acids is 1. The number of halogens is 2. The Labute approximate surface area is 120 Å². The minimum Gasteiger partial charge on any atom is -0.478 e. The largest absolute Gasteiger partial charge is 0.478 e. The number of aromatic nitrogens is 1. The van der Waals surface area contributed by atoms with Gasteiger partial charge in [-0.2, -0.15) is 0 Å². The molecule has 1 heterocycles. The van der Waals surface area contributed by atoms with Crippen molar-refractivity contribution in [3.8, 4) is 0 Å². The highest BCUT2D eigenvalue weighted by Gasteiger charge is 2.07. The summed E-state index contributed by atoms with van der Waals surface area (Å²) in [7, 11) is 0. The Balaban J connectivity index is 2.32. The molecular formula is C13H10Cl2N2O2. The first-order valence-electron chi connectivity index (χ1n) is 5.40. The van der Waals surface area contributed by atoms with E-state index in [0.29, 0.717) is 27.2 Å². The first-order chi connectivity index (χ1) is 8.95. The van der Waals surface area contributed by atoms with Crippen LogP contribution in [0.1, 0.15) is 16.1 Å². The predicted molar refractivity (Wildman–Crippen MR) is 75.7 cm³/mol. The van der Waals surface area contributed by atoms with E-state index < -0.39 is 5.97 Å². The molecule has 2 N–H and O–H groups in total. The molecule has 2 aromatic rings. The number of carboxylic acid groups (broad SMARTS) is 1. The van der Waals surface area contributed by atoms with E-state index in [9.17, 15) is 4.79 Å². The summed E-state index contributed by atoms with van der Waals surface area (Å²) in [5, 5.41) is 12.8. The molecular weight excluding hydrogens is 287 g/mol. The maximum Gasteiger partial charge on any atom is 0.335 e. The number of hydrogen-bond acceptors (Lipinski definition) is 3. The minimum absolute atomic E-state index is 0.176. The zero-order valence-electron chi connectivity index (χ0n) is 9.95. The van der Waals surface area contributed by atoms with Crippen LogP contribution in [0.15, 0.2) is 30.3 Å². The molecule has 6 heteroatoms. The van der Waals surface area contributed by atoms with Crippen LogP contribution in [0, 0.1) is 6.92 Å². The van der Waals surface area contributed by atoms with Gasteiger partial charge in [0.15, 0.2) is 0 Å². The van der Waals surface area contributed by atoms with Crippen LogP contribution < -0.4 is 5.32 Å². The van der Waals surface area contributed by atoms with E-state index >= 15 is 0 Å². The van der Waals surface area contributed by atoms with Crippen LogP contribution in [-0.2, 0) is 0 Å². The lowest BCUT2D eigenvalue weighted by atomic mass is 10.2. The SMILES string of the molecule is Cc1cc(C(=O)O)cc(Nc2ccc(Cl)c(Cl)c2)n1. The molecule has 98 valence electrons. The quantitative estimate of drug-likeness (QED) is 0.893. The van der Waals surface area contributed by atoms with E-state index in [1.165, 1.54) is 12.1 Å². The van der Waals surface area contributed by atoms with Gasteiger partial charge in [-0.1, -0.05) is 23.2 Å². The third-order valence-electron chi connectivity index (χ3n) is 2.39. The van der Waals surface area contributed by atoms with Crippen LogP contribution in [0.25, 0.3) is 0 Å². The van der Waals surface area contributed by atoms with Crippen molar-refractivity contribution in [3.63, 3.8) is 0 Å². The van der Waals surface area contributed by atoms with Crippen molar-refractivity contribution in [1.82, 2.24) is 4.98 Å². The molecule has 4 nitrogen and oxygen atoms in total. The monoisotopic (exact) mass is 296 g/mol. The molecule has 2 rings (SSSR count). The Kier molecular flexibility index (Phi) is 3.93. The number of benzene rings is 1. The Bertz CT molecular complexity index is 645. The van der Waals surface area contributed by atoms with Crippen molar-refractivity contribution in [2.45, 2.75) is 6.92 Å². The Morgan fingerprint density at radius 1 is 1.21 bits per heavy atom. The standard InChI is InChI=1S/C13H10Cl2N2O2/c1-7-4-8(13(18)19)5-12(16-7)17-9-2-3-10(14)11(15)6-9/h2-6H,1H3,(H,16,17)(H,18,19). The summed E-state index contributed by atoms with van der Waals surface area (Å²) in [6, 6.07) is 7.99. The van der Waals surface area contributed by atoms with E-state index in [-0.39, 0.29) is 5.56 Å². The molecule has 0 spiro atoms. The highest BCUT2D eigenvalue weighted by molar-refractivity contribution is 6.42. The number of nitrogens with zero attached hydrogens (tertiary/aromatic N) is 1. The second-order valence-corrected chi connectivity index (χ2v) is 4.76. The molecule has 0 radical (unpaired) electrons. The molecule has 0 unspecified atom stereocenters. The molecule has 0 bridgehead atoms. The van der Waals surface area contributed by atoms with E-state index in [1.54, 1.807) is 25.1 Å². The third-order valence-corrected chi connectivity index (χ3v) is 3.13. The lowest BCUT2D eigenvalue weighted by molar-refractivity contribution is 0.0696.